The largest absolute Gasteiger partial charge is 0.434 e. The van der Waals surface area contributed by atoms with Crippen molar-refractivity contribution in [2.75, 3.05) is 36.4 Å². The fourth-order valence-electron chi connectivity index (χ4n) is 3.72. The second-order valence-electron chi connectivity index (χ2n) is 7.62. The van der Waals surface area contributed by atoms with Crippen LogP contribution in [0, 0.1) is 18.6 Å². The lowest BCUT2D eigenvalue weighted by atomic mass is 10.2. The predicted molar refractivity (Wildman–Crippen MR) is 125 cm³/mol. The molecule has 1 aliphatic rings. The normalized spacial score (nSPS) is 14.0. The maximum Gasteiger partial charge on any atom is 0.239 e. The van der Waals surface area contributed by atoms with Gasteiger partial charge in [0, 0.05) is 43.3 Å². The molecule has 0 saturated carbocycles. The molecule has 3 N–H and O–H groups in total. The van der Waals surface area contributed by atoms with Crippen LogP contribution in [0.3, 0.4) is 0 Å². The minimum Gasteiger partial charge on any atom is -0.434 e. The number of hydrogen-bond donors (Lipinski definition) is 3. The van der Waals surface area contributed by atoms with Gasteiger partial charge in [0.15, 0.2) is 23.2 Å². The summed E-state index contributed by atoms with van der Waals surface area (Å²) in [5.74, 6) is -0.590. The molecule has 1 saturated heterocycles. The second kappa shape index (κ2) is 8.91. The van der Waals surface area contributed by atoms with Crippen molar-refractivity contribution in [1.82, 2.24) is 25.3 Å². The van der Waals surface area contributed by atoms with Crippen molar-refractivity contribution in [3.8, 4) is 11.6 Å². The average Bonchev–Trinajstić information content (AvgIpc) is 3.23. The Morgan fingerprint density at radius 2 is 1.94 bits per heavy atom. The zero-order valence-corrected chi connectivity index (χ0v) is 19.2. The highest BCUT2D eigenvalue weighted by Gasteiger charge is 2.19. The highest BCUT2D eigenvalue weighted by Crippen LogP contribution is 2.36. The lowest BCUT2D eigenvalue weighted by molar-refractivity contribution is 0.423. The molecule has 0 radical (unpaired) electrons. The third-order valence-electron chi connectivity index (χ3n) is 5.34. The minimum absolute atomic E-state index is 0.0369. The summed E-state index contributed by atoms with van der Waals surface area (Å²) in [5, 5.41) is 6.53. The van der Waals surface area contributed by atoms with E-state index in [9.17, 15) is 8.78 Å². The molecule has 0 amide bonds. The Labute approximate surface area is 196 Å². The first-order valence-corrected chi connectivity index (χ1v) is 11.1. The molecule has 3 aromatic heterocycles. The summed E-state index contributed by atoms with van der Waals surface area (Å²) < 4.78 is 35.3. The van der Waals surface area contributed by atoms with Crippen LogP contribution in [0.1, 0.15) is 5.69 Å². The second-order valence-corrected chi connectivity index (χ2v) is 8.41. The molecule has 5 rings (SSSR count). The lowest BCUT2D eigenvalue weighted by Crippen LogP contribution is -2.43. The van der Waals surface area contributed by atoms with E-state index in [4.69, 9.17) is 4.74 Å². The number of aromatic nitrogens is 4. The van der Waals surface area contributed by atoms with Crippen LogP contribution in [0.25, 0.3) is 10.9 Å². The molecule has 0 atom stereocenters. The van der Waals surface area contributed by atoms with Crippen LogP contribution in [0.15, 0.2) is 41.3 Å². The summed E-state index contributed by atoms with van der Waals surface area (Å²) in [4.78, 5) is 17.8. The third kappa shape index (κ3) is 4.33. The standard InChI is InChI=1S/C22H20BrF2N7O/c1-12-8-14-19(25)16(9-15(24)20(14)30-12)33-22-18(23)21(28-11-29-22)31-17-3-2-13(10-27-17)32-6-4-26-5-7-32/h2-3,8-11,26,30H,4-7H2,1H3,(H,27,28,29,31). The van der Waals surface area contributed by atoms with E-state index in [-0.39, 0.29) is 22.5 Å². The Bertz CT molecular complexity index is 1310. The van der Waals surface area contributed by atoms with Gasteiger partial charge in [0.25, 0.3) is 0 Å². The number of aryl methyl sites for hydroxylation is 1. The number of anilines is 3. The molecule has 4 aromatic rings. The quantitative estimate of drug-likeness (QED) is 0.356. The van der Waals surface area contributed by atoms with Crippen molar-refractivity contribution in [1.29, 1.82) is 0 Å². The van der Waals surface area contributed by atoms with Gasteiger partial charge in [-0.25, -0.2) is 23.7 Å². The number of nitrogens with zero attached hydrogens (tertiary/aromatic N) is 4. The van der Waals surface area contributed by atoms with E-state index in [0.29, 0.717) is 21.8 Å². The minimum atomic E-state index is -0.680. The summed E-state index contributed by atoms with van der Waals surface area (Å²) in [7, 11) is 0. The van der Waals surface area contributed by atoms with Gasteiger partial charge in [0.2, 0.25) is 5.88 Å². The Morgan fingerprint density at radius 3 is 2.70 bits per heavy atom. The van der Waals surface area contributed by atoms with E-state index in [1.165, 1.54) is 12.4 Å². The van der Waals surface area contributed by atoms with E-state index in [0.717, 1.165) is 37.9 Å². The van der Waals surface area contributed by atoms with Crippen LogP contribution in [-0.2, 0) is 0 Å². The van der Waals surface area contributed by atoms with Crippen molar-refractivity contribution in [2.24, 2.45) is 0 Å². The number of fused-ring (bicyclic) bond motifs is 1. The number of hydrogen-bond acceptors (Lipinski definition) is 7. The third-order valence-corrected chi connectivity index (χ3v) is 6.06. The zero-order valence-electron chi connectivity index (χ0n) is 17.6. The summed E-state index contributed by atoms with van der Waals surface area (Å²) in [6.07, 6.45) is 3.07. The number of rotatable bonds is 5. The van der Waals surface area contributed by atoms with E-state index in [1.54, 1.807) is 13.1 Å². The van der Waals surface area contributed by atoms with Crippen LogP contribution < -0.4 is 20.3 Å². The number of benzene rings is 1. The van der Waals surface area contributed by atoms with Gasteiger partial charge in [0.05, 0.1) is 17.4 Å². The van der Waals surface area contributed by atoms with Crippen LogP contribution in [0.5, 0.6) is 11.6 Å². The van der Waals surface area contributed by atoms with Crippen molar-refractivity contribution in [2.45, 2.75) is 6.92 Å². The van der Waals surface area contributed by atoms with Crippen molar-refractivity contribution in [3.63, 3.8) is 0 Å². The molecule has 0 bridgehead atoms. The molecule has 4 heterocycles. The van der Waals surface area contributed by atoms with E-state index < -0.39 is 11.6 Å². The van der Waals surface area contributed by atoms with Crippen molar-refractivity contribution >= 4 is 44.2 Å². The molecule has 0 spiro atoms. The summed E-state index contributed by atoms with van der Waals surface area (Å²) in [5.41, 5.74) is 1.78. The molecule has 0 unspecified atom stereocenters. The first-order valence-electron chi connectivity index (χ1n) is 10.3. The van der Waals surface area contributed by atoms with Gasteiger partial charge in [-0.2, -0.15) is 0 Å². The summed E-state index contributed by atoms with van der Waals surface area (Å²) in [6.45, 7) is 5.47. The Morgan fingerprint density at radius 1 is 1.12 bits per heavy atom. The molecule has 11 heteroatoms. The highest BCUT2D eigenvalue weighted by molar-refractivity contribution is 9.10. The molecule has 170 valence electrons. The molecular formula is C22H20BrF2N7O. The smallest absolute Gasteiger partial charge is 0.239 e. The number of ether oxygens (including phenoxy) is 1. The first-order chi connectivity index (χ1) is 16.0. The monoisotopic (exact) mass is 515 g/mol. The molecule has 33 heavy (non-hydrogen) atoms. The number of pyridine rings is 1. The van der Waals surface area contributed by atoms with Crippen LogP contribution in [-0.4, -0.2) is 46.1 Å². The van der Waals surface area contributed by atoms with Gasteiger partial charge < -0.3 is 25.3 Å². The number of piperazine rings is 1. The van der Waals surface area contributed by atoms with Crippen LogP contribution >= 0.6 is 15.9 Å². The van der Waals surface area contributed by atoms with Crippen molar-refractivity contribution < 1.29 is 13.5 Å². The number of halogens is 3. The summed E-state index contributed by atoms with van der Waals surface area (Å²) >= 11 is 3.39. The number of aromatic amines is 1. The van der Waals surface area contributed by atoms with E-state index in [2.05, 4.69) is 51.4 Å². The number of nitrogens with one attached hydrogen (secondary N) is 3. The highest BCUT2D eigenvalue weighted by atomic mass is 79.9. The molecule has 1 fully saturated rings. The van der Waals surface area contributed by atoms with E-state index in [1.807, 2.05) is 12.1 Å². The molecule has 0 aliphatic carbocycles. The fraction of sp³-hybridized carbons (Fsp3) is 0.227. The fourth-order valence-corrected chi connectivity index (χ4v) is 4.10. The van der Waals surface area contributed by atoms with Crippen molar-refractivity contribution in [3.05, 3.63) is 58.6 Å². The van der Waals surface area contributed by atoms with Gasteiger partial charge >= 0.3 is 0 Å². The van der Waals surface area contributed by atoms with Gasteiger partial charge in [-0.3, -0.25) is 0 Å². The average molecular weight is 516 g/mol. The predicted octanol–water partition coefficient (Wildman–Crippen LogP) is 4.65. The van der Waals surface area contributed by atoms with Gasteiger partial charge in [-0.1, -0.05) is 0 Å². The maximum atomic E-state index is 14.9. The SMILES string of the molecule is Cc1cc2c(F)c(Oc3ncnc(Nc4ccc(N5CCNCC5)cn4)c3Br)cc(F)c2[nH]1. The lowest BCUT2D eigenvalue weighted by Gasteiger charge is -2.29. The van der Waals surface area contributed by atoms with Gasteiger partial charge in [-0.05, 0) is 41.1 Å². The Balaban J connectivity index is 1.37. The molecule has 8 nitrogen and oxygen atoms in total. The summed E-state index contributed by atoms with van der Waals surface area (Å²) in [6, 6.07) is 6.35. The topological polar surface area (TPSA) is 91.0 Å². The van der Waals surface area contributed by atoms with E-state index >= 15 is 0 Å². The molecular weight excluding hydrogens is 496 g/mol. The molecule has 1 aromatic carbocycles. The molecule has 1 aliphatic heterocycles. The maximum absolute atomic E-state index is 14.9. The number of H-pyrrole nitrogens is 1. The van der Waals surface area contributed by atoms with Crippen LogP contribution in [0.2, 0.25) is 0 Å². The van der Waals surface area contributed by atoms with Gasteiger partial charge in [-0.15, -0.1) is 0 Å². The Kier molecular flexibility index (Phi) is 5.81. The van der Waals surface area contributed by atoms with Gasteiger partial charge in [0.1, 0.15) is 16.6 Å². The zero-order chi connectivity index (χ0) is 22.9. The van der Waals surface area contributed by atoms with Crippen LogP contribution in [0.4, 0.5) is 26.1 Å². The Hall–Kier alpha value is -3.31. The first kappa shape index (κ1) is 21.5.